The summed E-state index contributed by atoms with van der Waals surface area (Å²) in [6.45, 7) is 4.82. The molecule has 0 fully saturated rings. The molecule has 20 heavy (non-hydrogen) atoms. The van der Waals surface area contributed by atoms with Gasteiger partial charge in [0.05, 0.1) is 17.5 Å². The standard InChI is InChI=1S/C13H17ClN4OS/c1-4-15-12-11(19-3)13(17-7-16-12)18-8(2)9-5-6-10(14)20-9/h5-8H,4H2,1-3H3,(H2,15,16,17,18). The predicted molar refractivity (Wildman–Crippen MR) is 84.1 cm³/mol. The van der Waals surface area contributed by atoms with Gasteiger partial charge in [-0.3, -0.25) is 0 Å². The fraction of sp³-hybridized carbons (Fsp3) is 0.385. The van der Waals surface area contributed by atoms with Gasteiger partial charge >= 0.3 is 0 Å². The lowest BCUT2D eigenvalue weighted by Gasteiger charge is -2.17. The maximum Gasteiger partial charge on any atom is 0.204 e. The van der Waals surface area contributed by atoms with Crippen LogP contribution in [0.15, 0.2) is 18.5 Å². The van der Waals surface area contributed by atoms with Crippen LogP contribution in [0, 0.1) is 0 Å². The zero-order valence-electron chi connectivity index (χ0n) is 11.6. The van der Waals surface area contributed by atoms with Crippen LogP contribution in [0.5, 0.6) is 5.75 Å². The van der Waals surface area contributed by atoms with Gasteiger partial charge in [0.15, 0.2) is 11.6 Å². The maximum atomic E-state index is 5.96. The summed E-state index contributed by atoms with van der Waals surface area (Å²) in [4.78, 5) is 9.57. The number of halogens is 1. The molecular formula is C13H17ClN4OS. The Labute approximate surface area is 127 Å². The summed E-state index contributed by atoms with van der Waals surface area (Å²) >= 11 is 7.51. The molecule has 0 saturated heterocycles. The summed E-state index contributed by atoms with van der Waals surface area (Å²) in [6.07, 6.45) is 1.51. The molecule has 0 aliphatic rings. The van der Waals surface area contributed by atoms with Crippen LogP contribution in [-0.2, 0) is 0 Å². The summed E-state index contributed by atoms with van der Waals surface area (Å²) in [5, 5.41) is 6.48. The second-order valence-corrected chi connectivity index (χ2v) is 5.89. The Hall–Kier alpha value is -1.53. The zero-order valence-corrected chi connectivity index (χ0v) is 13.2. The Bertz CT molecular complexity index is 575. The molecule has 5 nitrogen and oxygen atoms in total. The van der Waals surface area contributed by atoms with E-state index in [-0.39, 0.29) is 6.04 Å². The summed E-state index contributed by atoms with van der Waals surface area (Å²) in [5.74, 6) is 1.96. The highest BCUT2D eigenvalue weighted by atomic mass is 35.5. The molecule has 0 radical (unpaired) electrons. The van der Waals surface area contributed by atoms with Crippen LogP contribution in [0.3, 0.4) is 0 Å². The maximum absolute atomic E-state index is 5.96. The molecule has 108 valence electrons. The van der Waals surface area contributed by atoms with Crippen molar-refractivity contribution in [3.8, 4) is 5.75 Å². The van der Waals surface area contributed by atoms with E-state index in [2.05, 4.69) is 27.5 Å². The van der Waals surface area contributed by atoms with Crippen LogP contribution >= 0.6 is 22.9 Å². The molecule has 0 spiro atoms. The molecule has 0 aromatic carbocycles. The number of methoxy groups -OCH3 is 1. The van der Waals surface area contributed by atoms with Crippen LogP contribution < -0.4 is 15.4 Å². The lowest BCUT2D eigenvalue weighted by molar-refractivity contribution is 0.414. The Morgan fingerprint density at radius 2 is 2.10 bits per heavy atom. The van der Waals surface area contributed by atoms with Crippen molar-refractivity contribution in [3.63, 3.8) is 0 Å². The number of aromatic nitrogens is 2. The van der Waals surface area contributed by atoms with Crippen molar-refractivity contribution >= 4 is 34.6 Å². The summed E-state index contributed by atoms with van der Waals surface area (Å²) in [7, 11) is 1.61. The average Bonchev–Trinajstić information content (AvgIpc) is 2.86. The van der Waals surface area contributed by atoms with Gasteiger partial charge in [0, 0.05) is 11.4 Å². The van der Waals surface area contributed by atoms with Gasteiger partial charge in [-0.15, -0.1) is 11.3 Å². The Morgan fingerprint density at radius 1 is 1.35 bits per heavy atom. The quantitative estimate of drug-likeness (QED) is 0.849. The number of anilines is 2. The van der Waals surface area contributed by atoms with Crippen LogP contribution in [0.2, 0.25) is 4.34 Å². The minimum atomic E-state index is 0.0887. The minimum Gasteiger partial charge on any atom is -0.490 e. The van der Waals surface area contributed by atoms with E-state index in [0.29, 0.717) is 17.4 Å². The van der Waals surface area contributed by atoms with Gasteiger partial charge in [-0.25, -0.2) is 9.97 Å². The molecule has 2 heterocycles. The number of rotatable bonds is 6. The average molecular weight is 313 g/mol. The van der Waals surface area contributed by atoms with E-state index in [9.17, 15) is 0 Å². The van der Waals surface area contributed by atoms with E-state index in [1.807, 2.05) is 19.1 Å². The Morgan fingerprint density at radius 3 is 2.70 bits per heavy atom. The molecule has 2 N–H and O–H groups in total. The van der Waals surface area contributed by atoms with E-state index in [4.69, 9.17) is 16.3 Å². The second-order valence-electron chi connectivity index (χ2n) is 4.14. The third-order valence-corrected chi connectivity index (χ3v) is 4.14. The van der Waals surface area contributed by atoms with Gasteiger partial charge in [0.25, 0.3) is 0 Å². The van der Waals surface area contributed by atoms with Crippen molar-refractivity contribution in [3.05, 3.63) is 27.7 Å². The first-order valence-electron chi connectivity index (χ1n) is 6.30. The van der Waals surface area contributed by atoms with Crippen molar-refractivity contribution in [1.82, 2.24) is 9.97 Å². The lowest BCUT2D eigenvalue weighted by Crippen LogP contribution is -2.10. The number of hydrogen-bond donors (Lipinski definition) is 2. The minimum absolute atomic E-state index is 0.0887. The third-order valence-electron chi connectivity index (χ3n) is 2.73. The highest BCUT2D eigenvalue weighted by Gasteiger charge is 2.15. The third kappa shape index (κ3) is 3.32. The topological polar surface area (TPSA) is 59.1 Å². The molecule has 2 aromatic heterocycles. The fourth-order valence-corrected chi connectivity index (χ4v) is 2.86. The summed E-state index contributed by atoms with van der Waals surface area (Å²) < 4.78 is 6.17. The van der Waals surface area contributed by atoms with Crippen LogP contribution in [-0.4, -0.2) is 23.6 Å². The van der Waals surface area contributed by atoms with E-state index in [1.54, 1.807) is 18.4 Å². The number of nitrogens with one attached hydrogen (secondary N) is 2. The van der Waals surface area contributed by atoms with E-state index in [0.717, 1.165) is 15.8 Å². The van der Waals surface area contributed by atoms with Crippen molar-refractivity contribution in [1.29, 1.82) is 0 Å². The van der Waals surface area contributed by atoms with Gasteiger partial charge < -0.3 is 15.4 Å². The molecule has 0 bridgehead atoms. The number of ether oxygens (including phenoxy) is 1. The zero-order chi connectivity index (χ0) is 14.5. The van der Waals surface area contributed by atoms with Crippen molar-refractivity contribution in [2.45, 2.75) is 19.9 Å². The normalized spacial score (nSPS) is 12.0. The van der Waals surface area contributed by atoms with Crippen molar-refractivity contribution in [2.24, 2.45) is 0 Å². The van der Waals surface area contributed by atoms with Crippen LogP contribution in [0.1, 0.15) is 24.8 Å². The molecule has 0 aliphatic heterocycles. The largest absolute Gasteiger partial charge is 0.490 e. The first-order valence-corrected chi connectivity index (χ1v) is 7.49. The SMILES string of the molecule is CCNc1ncnc(NC(C)c2ccc(Cl)s2)c1OC. The van der Waals surface area contributed by atoms with Crippen molar-refractivity contribution in [2.75, 3.05) is 24.3 Å². The van der Waals surface area contributed by atoms with Crippen molar-refractivity contribution < 1.29 is 4.74 Å². The number of thiophene rings is 1. The second kappa shape index (κ2) is 6.76. The Balaban J connectivity index is 2.22. The van der Waals surface area contributed by atoms with Gasteiger partial charge in [0.1, 0.15) is 6.33 Å². The van der Waals surface area contributed by atoms with E-state index >= 15 is 0 Å². The number of nitrogens with zero attached hydrogens (tertiary/aromatic N) is 2. The molecule has 2 aromatic rings. The molecule has 0 saturated carbocycles. The fourth-order valence-electron chi connectivity index (χ4n) is 1.80. The van der Waals surface area contributed by atoms with Gasteiger partial charge in [-0.1, -0.05) is 11.6 Å². The molecule has 0 aliphatic carbocycles. The first-order chi connectivity index (χ1) is 9.65. The molecule has 1 atom stereocenters. The molecule has 0 amide bonds. The van der Waals surface area contributed by atoms with Crippen LogP contribution in [0.4, 0.5) is 11.6 Å². The highest BCUT2D eigenvalue weighted by Crippen LogP contribution is 2.33. The molecule has 1 unspecified atom stereocenters. The predicted octanol–water partition coefficient (Wildman–Crippen LogP) is 3.81. The van der Waals surface area contributed by atoms with Gasteiger partial charge in [0.2, 0.25) is 5.75 Å². The van der Waals surface area contributed by atoms with E-state index in [1.165, 1.54) is 6.33 Å². The summed E-state index contributed by atoms with van der Waals surface area (Å²) in [6, 6.07) is 3.98. The van der Waals surface area contributed by atoms with Gasteiger partial charge in [-0.05, 0) is 26.0 Å². The smallest absolute Gasteiger partial charge is 0.204 e. The van der Waals surface area contributed by atoms with E-state index < -0.39 is 0 Å². The molecule has 2 rings (SSSR count). The highest BCUT2D eigenvalue weighted by molar-refractivity contribution is 7.16. The Kier molecular flexibility index (Phi) is 5.03. The summed E-state index contributed by atoms with van der Waals surface area (Å²) in [5.41, 5.74) is 0. The lowest BCUT2D eigenvalue weighted by atomic mass is 10.2. The molecular weight excluding hydrogens is 296 g/mol. The molecule has 7 heteroatoms. The number of hydrogen-bond acceptors (Lipinski definition) is 6. The first kappa shape index (κ1) is 14.9. The van der Waals surface area contributed by atoms with Crippen LogP contribution in [0.25, 0.3) is 0 Å². The monoisotopic (exact) mass is 312 g/mol. The van der Waals surface area contributed by atoms with Gasteiger partial charge in [-0.2, -0.15) is 0 Å².